The van der Waals surface area contributed by atoms with Gasteiger partial charge in [0, 0.05) is 12.1 Å². The summed E-state index contributed by atoms with van der Waals surface area (Å²) < 4.78 is 5.47. The van der Waals surface area contributed by atoms with Crippen LogP contribution in [0.3, 0.4) is 0 Å². The second-order valence-corrected chi connectivity index (χ2v) is 4.82. The lowest BCUT2D eigenvalue weighted by Gasteiger charge is -2.14. The maximum absolute atomic E-state index is 12.2. The molecule has 0 aliphatic rings. The molecule has 24 heavy (non-hydrogen) atoms. The minimum Gasteiger partial charge on any atom is -0.481 e. The number of hydrogen-bond acceptors (Lipinski definition) is 7. The van der Waals surface area contributed by atoms with Crippen LogP contribution in [0.25, 0.3) is 11.2 Å². The van der Waals surface area contributed by atoms with Gasteiger partial charge in [-0.25, -0.2) is 15.0 Å². The number of carbonyl (C=O) groups excluding carboxylic acids is 1. The monoisotopic (exact) mass is 328 g/mol. The third-order valence-electron chi connectivity index (χ3n) is 3.19. The van der Waals surface area contributed by atoms with Gasteiger partial charge in [0.1, 0.15) is 17.6 Å². The van der Waals surface area contributed by atoms with Crippen LogP contribution in [0.5, 0.6) is 5.75 Å². The molecule has 2 aromatic heterocycles. The van der Waals surface area contributed by atoms with Crippen molar-refractivity contribution in [3.8, 4) is 5.75 Å². The summed E-state index contributed by atoms with van der Waals surface area (Å²) in [6, 6.07) is 5.47. The molecule has 0 saturated heterocycles. The molecule has 0 radical (unpaired) electrons. The van der Waals surface area contributed by atoms with Crippen molar-refractivity contribution in [3.63, 3.8) is 0 Å². The highest BCUT2D eigenvalue weighted by molar-refractivity contribution is 5.98. The van der Waals surface area contributed by atoms with Gasteiger partial charge in [0.2, 0.25) is 0 Å². The SMILES string of the molecule is CC(Oc1ccc([N+](=O)[O-])cc1)C(=O)Nc1ncnc2nc[nH]c12. The van der Waals surface area contributed by atoms with E-state index >= 15 is 0 Å². The zero-order chi connectivity index (χ0) is 17.1. The Morgan fingerprint density at radius 1 is 1.29 bits per heavy atom. The fourth-order valence-corrected chi connectivity index (χ4v) is 1.98. The van der Waals surface area contributed by atoms with Crippen molar-refractivity contribution in [1.82, 2.24) is 19.9 Å². The van der Waals surface area contributed by atoms with Gasteiger partial charge >= 0.3 is 0 Å². The lowest BCUT2D eigenvalue weighted by molar-refractivity contribution is -0.384. The number of aromatic nitrogens is 4. The number of nitrogens with one attached hydrogen (secondary N) is 2. The number of non-ortho nitro benzene ring substituents is 1. The first-order valence-corrected chi connectivity index (χ1v) is 6.90. The zero-order valence-electron chi connectivity index (χ0n) is 12.5. The highest BCUT2D eigenvalue weighted by atomic mass is 16.6. The molecule has 3 aromatic rings. The second-order valence-electron chi connectivity index (χ2n) is 4.82. The molecule has 0 bridgehead atoms. The fourth-order valence-electron chi connectivity index (χ4n) is 1.98. The minimum atomic E-state index is -0.834. The molecule has 0 aliphatic carbocycles. The summed E-state index contributed by atoms with van der Waals surface area (Å²) in [4.78, 5) is 37.1. The number of ether oxygens (including phenoxy) is 1. The van der Waals surface area contributed by atoms with Crippen LogP contribution < -0.4 is 10.1 Å². The first-order chi connectivity index (χ1) is 11.5. The van der Waals surface area contributed by atoms with Gasteiger partial charge in [-0.2, -0.15) is 0 Å². The molecule has 1 aromatic carbocycles. The number of nitro groups is 1. The minimum absolute atomic E-state index is 0.0536. The maximum Gasteiger partial charge on any atom is 0.269 e. The van der Waals surface area contributed by atoms with Crippen molar-refractivity contribution in [2.24, 2.45) is 0 Å². The van der Waals surface area contributed by atoms with Gasteiger partial charge in [-0.05, 0) is 19.1 Å². The van der Waals surface area contributed by atoms with E-state index in [0.29, 0.717) is 22.7 Å². The van der Waals surface area contributed by atoms with Crippen molar-refractivity contribution >= 4 is 28.6 Å². The number of aromatic amines is 1. The Balaban J connectivity index is 1.68. The normalized spacial score (nSPS) is 11.9. The molecular weight excluding hydrogens is 316 g/mol. The number of anilines is 1. The van der Waals surface area contributed by atoms with E-state index < -0.39 is 16.9 Å². The van der Waals surface area contributed by atoms with Gasteiger partial charge in [0.05, 0.1) is 11.3 Å². The average Bonchev–Trinajstić information content (AvgIpc) is 3.05. The molecule has 1 unspecified atom stereocenters. The number of benzene rings is 1. The molecule has 3 rings (SSSR count). The average molecular weight is 328 g/mol. The summed E-state index contributed by atoms with van der Waals surface area (Å²) in [5, 5.41) is 13.2. The standard InChI is InChI=1S/C14H12N6O4/c1-8(24-10-4-2-9(3-5-10)20(22)23)14(21)19-13-11-12(16-6-15-11)17-7-18-13/h2-8H,1H3,(H2,15,16,17,18,19,21). The van der Waals surface area contributed by atoms with E-state index in [-0.39, 0.29) is 5.69 Å². The Morgan fingerprint density at radius 3 is 2.75 bits per heavy atom. The van der Waals surface area contributed by atoms with E-state index in [1.54, 1.807) is 6.92 Å². The van der Waals surface area contributed by atoms with E-state index in [0.717, 1.165) is 0 Å². The molecule has 0 spiro atoms. The van der Waals surface area contributed by atoms with E-state index in [1.165, 1.54) is 36.9 Å². The van der Waals surface area contributed by atoms with Crippen LogP contribution in [0.4, 0.5) is 11.5 Å². The predicted octanol–water partition coefficient (Wildman–Crippen LogP) is 1.67. The van der Waals surface area contributed by atoms with Crippen LogP contribution in [-0.4, -0.2) is 36.9 Å². The van der Waals surface area contributed by atoms with Crippen molar-refractivity contribution in [2.75, 3.05) is 5.32 Å². The summed E-state index contributed by atoms with van der Waals surface area (Å²) in [5.74, 6) is 0.210. The Hall–Kier alpha value is -3.56. The number of amides is 1. The second kappa shape index (κ2) is 6.28. The van der Waals surface area contributed by atoms with Gasteiger partial charge in [0.25, 0.3) is 11.6 Å². The molecule has 2 heterocycles. The predicted molar refractivity (Wildman–Crippen MR) is 83.5 cm³/mol. The molecule has 10 heteroatoms. The van der Waals surface area contributed by atoms with E-state index in [4.69, 9.17) is 4.74 Å². The number of nitro benzene ring substituents is 1. The summed E-state index contributed by atoms with van der Waals surface area (Å²) in [6.45, 7) is 1.56. The van der Waals surface area contributed by atoms with Crippen molar-refractivity contribution in [3.05, 3.63) is 47.0 Å². The molecule has 0 fully saturated rings. The quantitative estimate of drug-likeness (QED) is 0.537. The summed E-state index contributed by atoms with van der Waals surface area (Å²) >= 11 is 0. The molecule has 1 amide bonds. The highest BCUT2D eigenvalue weighted by Crippen LogP contribution is 2.19. The molecule has 0 saturated carbocycles. The third kappa shape index (κ3) is 3.11. The number of fused-ring (bicyclic) bond motifs is 1. The number of carbonyl (C=O) groups is 1. The molecule has 10 nitrogen and oxygen atoms in total. The maximum atomic E-state index is 12.2. The fraction of sp³-hybridized carbons (Fsp3) is 0.143. The molecule has 2 N–H and O–H groups in total. The summed E-state index contributed by atoms with van der Waals surface area (Å²) in [5.41, 5.74) is 0.889. The van der Waals surface area contributed by atoms with Gasteiger partial charge in [-0.1, -0.05) is 0 Å². The molecular formula is C14H12N6O4. The van der Waals surface area contributed by atoms with Crippen LogP contribution in [0.1, 0.15) is 6.92 Å². The van der Waals surface area contributed by atoms with Gasteiger partial charge in [0.15, 0.2) is 17.6 Å². The van der Waals surface area contributed by atoms with Crippen molar-refractivity contribution < 1.29 is 14.5 Å². The van der Waals surface area contributed by atoms with Gasteiger partial charge < -0.3 is 15.0 Å². The molecule has 122 valence electrons. The number of hydrogen-bond donors (Lipinski definition) is 2. The van der Waals surface area contributed by atoms with Gasteiger partial charge in [-0.15, -0.1) is 0 Å². The van der Waals surface area contributed by atoms with E-state index in [2.05, 4.69) is 25.3 Å². The van der Waals surface area contributed by atoms with Crippen LogP contribution >= 0.6 is 0 Å². The Kier molecular flexibility index (Phi) is 4.01. The lowest BCUT2D eigenvalue weighted by Crippen LogP contribution is -2.30. The number of nitrogens with zero attached hydrogens (tertiary/aromatic N) is 4. The van der Waals surface area contributed by atoms with Crippen LogP contribution in [0.2, 0.25) is 0 Å². The Morgan fingerprint density at radius 2 is 2.04 bits per heavy atom. The van der Waals surface area contributed by atoms with Crippen molar-refractivity contribution in [2.45, 2.75) is 13.0 Å². The lowest BCUT2D eigenvalue weighted by atomic mass is 10.3. The zero-order valence-corrected chi connectivity index (χ0v) is 12.5. The Labute approximate surface area is 135 Å². The van der Waals surface area contributed by atoms with Gasteiger partial charge in [-0.3, -0.25) is 14.9 Å². The first-order valence-electron chi connectivity index (χ1n) is 6.90. The topological polar surface area (TPSA) is 136 Å². The van der Waals surface area contributed by atoms with Crippen LogP contribution in [0, 0.1) is 10.1 Å². The van der Waals surface area contributed by atoms with Crippen LogP contribution in [-0.2, 0) is 4.79 Å². The largest absolute Gasteiger partial charge is 0.481 e. The smallest absolute Gasteiger partial charge is 0.269 e. The first kappa shape index (κ1) is 15.3. The molecule has 1 atom stereocenters. The number of rotatable bonds is 5. The summed E-state index contributed by atoms with van der Waals surface area (Å²) in [6.07, 6.45) is 1.91. The summed E-state index contributed by atoms with van der Waals surface area (Å²) in [7, 11) is 0. The highest BCUT2D eigenvalue weighted by Gasteiger charge is 2.18. The van der Waals surface area contributed by atoms with Crippen molar-refractivity contribution in [1.29, 1.82) is 0 Å². The number of imidazole rings is 1. The van der Waals surface area contributed by atoms with Crippen LogP contribution in [0.15, 0.2) is 36.9 Å². The van der Waals surface area contributed by atoms with E-state index in [9.17, 15) is 14.9 Å². The number of H-pyrrole nitrogens is 1. The van der Waals surface area contributed by atoms with E-state index in [1.807, 2.05) is 0 Å². The Bertz CT molecular complexity index is 892. The molecule has 0 aliphatic heterocycles. The third-order valence-corrected chi connectivity index (χ3v) is 3.19.